The van der Waals surface area contributed by atoms with Gasteiger partial charge in [-0.25, -0.2) is 4.98 Å². The summed E-state index contributed by atoms with van der Waals surface area (Å²) in [4.78, 5) is 7.52. The summed E-state index contributed by atoms with van der Waals surface area (Å²) in [5.41, 5.74) is 1.95. The van der Waals surface area contributed by atoms with Crippen molar-refractivity contribution in [2.45, 2.75) is 13.8 Å². The monoisotopic (exact) mass is 176 g/mol. The number of nitrogens with one attached hydrogen (secondary N) is 1. The molecule has 0 amide bonds. The van der Waals surface area contributed by atoms with Crippen molar-refractivity contribution in [2.24, 2.45) is 0 Å². The highest BCUT2D eigenvalue weighted by atomic mass is 16.5. The van der Waals surface area contributed by atoms with Crippen molar-refractivity contribution < 1.29 is 4.74 Å². The summed E-state index contributed by atoms with van der Waals surface area (Å²) in [6.07, 6.45) is 0. The van der Waals surface area contributed by atoms with Gasteiger partial charge in [0.15, 0.2) is 0 Å². The second kappa shape index (κ2) is 3.09. The molecule has 0 atom stereocenters. The Hall–Kier alpha value is -1.51. The molecule has 0 unspecified atom stereocenters. The number of aryl methyl sites for hydroxylation is 1. The molecule has 68 valence electrons. The number of hydrogen-bond donors (Lipinski definition) is 1. The normalized spacial score (nSPS) is 10.6. The van der Waals surface area contributed by atoms with E-state index in [2.05, 4.69) is 9.97 Å². The Bertz CT molecular complexity index is 420. The molecule has 0 fully saturated rings. The first-order valence-electron chi connectivity index (χ1n) is 4.39. The van der Waals surface area contributed by atoms with Crippen molar-refractivity contribution >= 4 is 11.0 Å². The van der Waals surface area contributed by atoms with E-state index in [4.69, 9.17) is 4.74 Å². The smallest absolute Gasteiger partial charge is 0.147 e. The van der Waals surface area contributed by atoms with Crippen LogP contribution in [0, 0.1) is 6.92 Å². The number of nitrogens with zero attached hydrogens (tertiary/aromatic N) is 1. The molecule has 1 aromatic carbocycles. The first kappa shape index (κ1) is 8.10. The fourth-order valence-electron chi connectivity index (χ4n) is 1.40. The Morgan fingerprint density at radius 1 is 1.46 bits per heavy atom. The van der Waals surface area contributed by atoms with Gasteiger partial charge in [0.2, 0.25) is 0 Å². The molecule has 1 heterocycles. The second-order valence-corrected chi connectivity index (χ2v) is 2.91. The molecule has 3 nitrogen and oxygen atoms in total. The third kappa shape index (κ3) is 1.37. The lowest BCUT2D eigenvalue weighted by Gasteiger charge is -2.01. The highest BCUT2D eigenvalue weighted by molar-refractivity contribution is 5.81. The van der Waals surface area contributed by atoms with Crippen LogP contribution in [0.4, 0.5) is 0 Å². The third-order valence-corrected chi connectivity index (χ3v) is 1.89. The lowest BCUT2D eigenvalue weighted by atomic mass is 10.3. The molecule has 0 bridgehead atoms. The van der Waals surface area contributed by atoms with E-state index in [1.807, 2.05) is 32.0 Å². The van der Waals surface area contributed by atoms with Gasteiger partial charge >= 0.3 is 0 Å². The van der Waals surface area contributed by atoms with Crippen LogP contribution < -0.4 is 4.74 Å². The lowest BCUT2D eigenvalue weighted by Crippen LogP contribution is -1.91. The van der Waals surface area contributed by atoms with Crippen LogP contribution in [0.25, 0.3) is 11.0 Å². The van der Waals surface area contributed by atoms with E-state index in [1.165, 1.54) is 0 Å². The predicted octanol–water partition coefficient (Wildman–Crippen LogP) is 2.27. The van der Waals surface area contributed by atoms with Crippen LogP contribution in [0.2, 0.25) is 0 Å². The second-order valence-electron chi connectivity index (χ2n) is 2.91. The summed E-state index contributed by atoms with van der Waals surface area (Å²) >= 11 is 0. The van der Waals surface area contributed by atoms with Gasteiger partial charge in [0.1, 0.15) is 17.1 Å². The molecule has 0 spiro atoms. The Kier molecular flexibility index (Phi) is 1.93. The van der Waals surface area contributed by atoms with Gasteiger partial charge in [0.05, 0.1) is 12.1 Å². The molecule has 2 rings (SSSR count). The van der Waals surface area contributed by atoms with E-state index >= 15 is 0 Å². The molecule has 0 saturated carbocycles. The molecule has 1 N–H and O–H groups in total. The fourth-order valence-corrected chi connectivity index (χ4v) is 1.40. The minimum Gasteiger partial charge on any atom is -0.492 e. The highest BCUT2D eigenvalue weighted by Gasteiger charge is 2.04. The summed E-state index contributed by atoms with van der Waals surface area (Å²) in [5, 5.41) is 0. The summed E-state index contributed by atoms with van der Waals surface area (Å²) in [6.45, 7) is 4.58. The van der Waals surface area contributed by atoms with E-state index in [9.17, 15) is 0 Å². The quantitative estimate of drug-likeness (QED) is 0.762. The van der Waals surface area contributed by atoms with Crippen LogP contribution >= 0.6 is 0 Å². The van der Waals surface area contributed by atoms with Gasteiger partial charge in [-0.2, -0.15) is 0 Å². The van der Waals surface area contributed by atoms with Gasteiger partial charge in [-0.15, -0.1) is 0 Å². The van der Waals surface area contributed by atoms with Crippen molar-refractivity contribution in [2.75, 3.05) is 6.61 Å². The van der Waals surface area contributed by atoms with Gasteiger partial charge in [0, 0.05) is 0 Å². The van der Waals surface area contributed by atoms with Gasteiger partial charge in [-0.3, -0.25) is 0 Å². The van der Waals surface area contributed by atoms with E-state index in [-0.39, 0.29) is 0 Å². The summed E-state index contributed by atoms with van der Waals surface area (Å²) in [6, 6.07) is 5.90. The maximum atomic E-state index is 5.45. The summed E-state index contributed by atoms with van der Waals surface area (Å²) < 4.78 is 5.45. The zero-order valence-electron chi connectivity index (χ0n) is 7.79. The minimum atomic E-state index is 0.672. The van der Waals surface area contributed by atoms with E-state index in [1.54, 1.807) is 0 Å². The third-order valence-electron chi connectivity index (χ3n) is 1.89. The molecular weight excluding hydrogens is 164 g/mol. The topological polar surface area (TPSA) is 37.9 Å². The molecular formula is C10H12N2O. The largest absolute Gasteiger partial charge is 0.492 e. The van der Waals surface area contributed by atoms with Crippen molar-refractivity contribution in [1.82, 2.24) is 9.97 Å². The lowest BCUT2D eigenvalue weighted by molar-refractivity contribution is 0.343. The summed E-state index contributed by atoms with van der Waals surface area (Å²) in [5.74, 6) is 1.77. The average molecular weight is 176 g/mol. The molecule has 0 aliphatic carbocycles. The molecule has 1 aromatic heterocycles. The van der Waals surface area contributed by atoms with Crippen LogP contribution in [-0.4, -0.2) is 16.6 Å². The number of rotatable bonds is 2. The first-order chi connectivity index (χ1) is 6.31. The SMILES string of the molecule is CCOc1cccc2[nH]c(C)nc12. The standard InChI is InChI=1S/C10H12N2O/c1-3-13-9-6-4-5-8-10(9)12-7(2)11-8/h4-6H,3H2,1-2H3,(H,11,12). The van der Waals surface area contributed by atoms with E-state index in [0.29, 0.717) is 6.61 Å². The Morgan fingerprint density at radius 3 is 3.08 bits per heavy atom. The first-order valence-corrected chi connectivity index (χ1v) is 4.39. The summed E-state index contributed by atoms with van der Waals surface area (Å²) in [7, 11) is 0. The number of benzene rings is 1. The Balaban J connectivity index is 2.60. The van der Waals surface area contributed by atoms with Gasteiger partial charge in [-0.05, 0) is 26.0 Å². The predicted molar refractivity (Wildman–Crippen MR) is 52.0 cm³/mol. The van der Waals surface area contributed by atoms with Crippen LogP contribution in [0.1, 0.15) is 12.7 Å². The average Bonchev–Trinajstić information content (AvgIpc) is 2.47. The van der Waals surface area contributed by atoms with Crippen LogP contribution in [0.3, 0.4) is 0 Å². The molecule has 0 radical (unpaired) electrons. The number of aromatic nitrogens is 2. The van der Waals surface area contributed by atoms with Crippen molar-refractivity contribution in [3.05, 3.63) is 24.0 Å². The van der Waals surface area contributed by atoms with Crippen molar-refractivity contribution in [3.8, 4) is 5.75 Å². The molecule has 0 aliphatic heterocycles. The minimum absolute atomic E-state index is 0.672. The highest BCUT2D eigenvalue weighted by Crippen LogP contribution is 2.22. The number of fused-ring (bicyclic) bond motifs is 1. The number of hydrogen-bond acceptors (Lipinski definition) is 2. The molecule has 13 heavy (non-hydrogen) atoms. The van der Waals surface area contributed by atoms with Crippen molar-refractivity contribution in [3.63, 3.8) is 0 Å². The van der Waals surface area contributed by atoms with Crippen LogP contribution in [-0.2, 0) is 0 Å². The van der Waals surface area contributed by atoms with E-state index in [0.717, 1.165) is 22.6 Å². The maximum Gasteiger partial charge on any atom is 0.147 e. The Morgan fingerprint density at radius 2 is 2.31 bits per heavy atom. The zero-order valence-corrected chi connectivity index (χ0v) is 7.79. The number of aromatic amines is 1. The van der Waals surface area contributed by atoms with Gasteiger partial charge in [0.25, 0.3) is 0 Å². The number of imidazole rings is 1. The molecule has 2 aromatic rings. The Labute approximate surface area is 76.8 Å². The number of ether oxygens (including phenoxy) is 1. The van der Waals surface area contributed by atoms with Gasteiger partial charge in [-0.1, -0.05) is 6.07 Å². The zero-order chi connectivity index (χ0) is 9.26. The van der Waals surface area contributed by atoms with Crippen LogP contribution in [0.5, 0.6) is 5.75 Å². The van der Waals surface area contributed by atoms with Crippen LogP contribution in [0.15, 0.2) is 18.2 Å². The molecule has 0 saturated heterocycles. The molecule has 3 heteroatoms. The molecule has 0 aliphatic rings. The number of H-pyrrole nitrogens is 1. The number of para-hydroxylation sites is 1. The maximum absolute atomic E-state index is 5.45. The van der Waals surface area contributed by atoms with Crippen molar-refractivity contribution in [1.29, 1.82) is 0 Å². The van der Waals surface area contributed by atoms with E-state index < -0.39 is 0 Å². The fraction of sp³-hybridized carbons (Fsp3) is 0.300. The van der Waals surface area contributed by atoms with Gasteiger partial charge < -0.3 is 9.72 Å².